The molecule has 0 saturated heterocycles. The Kier molecular flexibility index (Phi) is 6.73. The molecule has 2 amide bonds. The van der Waals surface area contributed by atoms with Crippen LogP contribution >= 0.6 is 0 Å². The molecule has 0 fully saturated rings. The molecule has 2 aromatic carbocycles. The third-order valence-corrected chi connectivity index (χ3v) is 3.53. The van der Waals surface area contributed by atoms with Gasteiger partial charge in [0.05, 0.1) is 19.2 Å². The Bertz CT molecular complexity index is 770. The Balaban J connectivity index is 1.83. The van der Waals surface area contributed by atoms with Crippen LogP contribution < -0.4 is 16.0 Å². The van der Waals surface area contributed by atoms with Crippen LogP contribution in [0, 0.1) is 0 Å². The van der Waals surface area contributed by atoms with Gasteiger partial charge in [-0.25, -0.2) is 4.79 Å². The predicted octanol–water partition coefficient (Wildman–Crippen LogP) is 2.87. The molecule has 0 bridgehead atoms. The number of rotatable bonds is 7. The normalized spacial score (nSPS) is 9.92. The van der Waals surface area contributed by atoms with Crippen LogP contribution in [0.1, 0.15) is 23.7 Å². The molecule has 136 valence electrons. The summed E-state index contributed by atoms with van der Waals surface area (Å²) in [5.74, 6) is -0.690. The number of methoxy groups -OCH3 is 1. The van der Waals surface area contributed by atoms with Crippen LogP contribution in [0.3, 0.4) is 0 Å². The van der Waals surface area contributed by atoms with E-state index in [9.17, 15) is 14.4 Å². The van der Waals surface area contributed by atoms with Crippen LogP contribution in [-0.4, -0.2) is 31.4 Å². The SMILES string of the molecule is CCC(=O)Nc1ccc(NC(=O)CNc2ccc(C(=O)OC)cc2)cc1. The molecule has 0 atom stereocenters. The summed E-state index contributed by atoms with van der Waals surface area (Å²) in [6.07, 6.45) is 0.408. The van der Waals surface area contributed by atoms with E-state index in [4.69, 9.17) is 0 Å². The van der Waals surface area contributed by atoms with E-state index < -0.39 is 5.97 Å². The van der Waals surface area contributed by atoms with Crippen LogP contribution in [0.25, 0.3) is 0 Å². The van der Waals surface area contributed by atoms with Gasteiger partial charge in [0.25, 0.3) is 0 Å². The molecular formula is C19H21N3O4. The second-order valence-corrected chi connectivity index (χ2v) is 5.45. The first kappa shape index (κ1) is 19.0. The van der Waals surface area contributed by atoms with E-state index in [1.807, 2.05) is 0 Å². The molecule has 0 unspecified atom stereocenters. The second-order valence-electron chi connectivity index (χ2n) is 5.45. The molecule has 3 N–H and O–H groups in total. The average molecular weight is 355 g/mol. The highest BCUT2D eigenvalue weighted by molar-refractivity contribution is 5.95. The fourth-order valence-electron chi connectivity index (χ4n) is 2.12. The number of carbonyl (C=O) groups excluding carboxylic acids is 3. The number of hydrogen-bond donors (Lipinski definition) is 3. The van der Waals surface area contributed by atoms with E-state index in [0.717, 1.165) is 0 Å². The van der Waals surface area contributed by atoms with Gasteiger partial charge in [0.1, 0.15) is 0 Å². The molecule has 7 nitrogen and oxygen atoms in total. The molecule has 7 heteroatoms. The van der Waals surface area contributed by atoms with E-state index in [0.29, 0.717) is 29.0 Å². The molecular weight excluding hydrogens is 334 g/mol. The summed E-state index contributed by atoms with van der Waals surface area (Å²) in [6.45, 7) is 1.85. The molecule has 0 heterocycles. The monoisotopic (exact) mass is 355 g/mol. The summed E-state index contributed by atoms with van der Waals surface area (Å²) in [4.78, 5) is 34.7. The molecule has 0 aliphatic heterocycles. The van der Waals surface area contributed by atoms with E-state index in [1.54, 1.807) is 55.5 Å². The minimum Gasteiger partial charge on any atom is -0.465 e. The van der Waals surface area contributed by atoms with Gasteiger partial charge >= 0.3 is 5.97 Å². The first-order valence-electron chi connectivity index (χ1n) is 8.14. The molecule has 2 rings (SSSR count). The summed E-state index contributed by atoms with van der Waals surface area (Å²) >= 11 is 0. The lowest BCUT2D eigenvalue weighted by molar-refractivity contribution is -0.116. The van der Waals surface area contributed by atoms with Gasteiger partial charge in [0.2, 0.25) is 11.8 Å². The summed E-state index contributed by atoms with van der Waals surface area (Å²) in [5.41, 5.74) is 2.47. The fourth-order valence-corrected chi connectivity index (χ4v) is 2.12. The summed E-state index contributed by atoms with van der Waals surface area (Å²) in [5, 5.41) is 8.47. The Hall–Kier alpha value is -3.35. The van der Waals surface area contributed by atoms with Crippen molar-refractivity contribution in [2.75, 3.05) is 29.6 Å². The quantitative estimate of drug-likeness (QED) is 0.664. The third-order valence-electron chi connectivity index (χ3n) is 3.53. The lowest BCUT2D eigenvalue weighted by Gasteiger charge is -2.09. The lowest BCUT2D eigenvalue weighted by atomic mass is 10.2. The van der Waals surface area contributed by atoms with Gasteiger partial charge in [-0.15, -0.1) is 0 Å². The van der Waals surface area contributed by atoms with Gasteiger partial charge in [0, 0.05) is 23.5 Å². The highest BCUT2D eigenvalue weighted by Gasteiger charge is 2.06. The topological polar surface area (TPSA) is 96.5 Å². The molecule has 0 aliphatic carbocycles. The third kappa shape index (κ3) is 5.62. The largest absolute Gasteiger partial charge is 0.465 e. The van der Waals surface area contributed by atoms with E-state index in [2.05, 4.69) is 20.7 Å². The molecule has 26 heavy (non-hydrogen) atoms. The highest BCUT2D eigenvalue weighted by Crippen LogP contribution is 2.14. The van der Waals surface area contributed by atoms with Gasteiger partial charge in [-0.05, 0) is 48.5 Å². The van der Waals surface area contributed by atoms with Crippen molar-refractivity contribution in [3.63, 3.8) is 0 Å². The minimum atomic E-state index is -0.409. The molecule has 0 aromatic heterocycles. The first-order chi connectivity index (χ1) is 12.5. The Morgan fingerprint density at radius 3 is 1.81 bits per heavy atom. The van der Waals surface area contributed by atoms with E-state index in [1.165, 1.54) is 7.11 Å². The van der Waals surface area contributed by atoms with Crippen LogP contribution in [0.15, 0.2) is 48.5 Å². The number of benzene rings is 2. The maximum absolute atomic E-state index is 12.0. The summed E-state index contributed by atoms with van der Waals surface area (Å²) in [6, 6.07) is 13.5. The molecule has 2 aromatic rings. The number of hydrogen-bond acceptors (Lipinski definition) is 5. The summed E-state index contributed by atoms with van der Waals surface area (Å²) in [7, 11) is 1.32. The van der Waals surface area contributed by atoms with Crippen molar-refractivity contribution in [1.29, 1.82) is 0 Å². The minimum absolute atomic E-state index is 0.0656. The number of ether oxygens (including phenoxy) is 1. The maximum Gasteiger partial charge on any atom is 0.337 e. The van der Waals surface area contributed by atoms with Crippen molar-refractivity contribution in [2.45, 2.75) is 13.3 Å². The summed E-state index contributed by atoms with van der Waals surface area (Å²) < 4.78 is 4.63. The number of nitrogens with one attached hydrogen (secondary N) is 3. The zero-order chi connectivity index (χ0) is 18.9. The standard InChI is InChI=1S/C19H21N3O4/c1-3-17(23)21-15-8-10-16(11-9-15)22-18(24)12-20-14-6-4-13(5-7-14)19(25)26-2/h4-11,20H,3,12H2,1-2H3,(H,21,23)(H,22,24). The van der Waals surface area contributed by atoms with Crippen molar-refractivity contribution in [1.82, 2.24) is 0 Å². The van der Waals surface area contributed by atoms with Crippen molar-refractivity contribution >= 4 is 34.8 Å². The fraction of sp³-hybridized carbons (Fsp3) is 0.211. The van der Waals surface area contributed by atoms with Crippen LogP contribution in [0.5, 0.6) is 0 Å². The van der Waals surface area contributed by atoms with Crippen LogP contribution in [0.4, 0.5) is 17.1 Å². The Morgan fingerprint density at radius 2 is 1.31 bits per heavy atom. The maximum atomic E-state index is 12.0. The molecule has 0 aliphatic rings. The Labute approximate surface area is 151 Å². The van der Waals surface area contributed by atoms with E-state index in [-0.39, 0.29) is 18.4 Å². The number of esters is 1. The molecule has 0 saturated carbocycles. The van der Waals surface area contributed by atoms with Crippen molar-refractivity contribution in [3.05, 3.63) is 54.1 Å². The zero-order valence-electron chi connectivity index (χ0n) is 14.7. The van der Waals surface area contributed by atoms with Crippen molar-refractivity contribution in [2.24, 2.45) is 0 Å². The van der Waals surface area contributed by atoms with E-state index >= 15 is 0 Å². The second kappa shape index (κ2) is 9.22. The lowest BCUT2D eigenvalue weighted by Crippen LogP contribution is -2.21. The van der Waals surface area contributed by atoms with Crippen molar-refractivity contribution < 1.29 is 19.1 Å². The number of carbonyl (C=O) groups is 3. The average Bonchev–Trinajstić information content (AvgIpc) is 2.67. The van der Waals surface area contributed by atoms with Crippen molar-refractivity contribution in [3.8, 4) is 0 Å². The van der Waals surface area contributed by atoms with Gasteiger partial charge in [-0.2, -0.15) is 0 Å². The van der Waals surface area contributed by atoms with Gasteiger partial charge in [0.15, 0.2) is 0 Å². The zero-order valence-corrected chi connectivity index (χ0v) is 14.7. The molecule has 0 spiro atoms. The molecule has 0 radical (unpaired) electrons. The van der Waals surface area contributed by atoms with Gasteiger partial charge in [-0.3, -0.25) is 9.59 Å². The van der Waals surface area contributed by atoms with Gasteiger partial charge in [-0.1, -0.05) is 6.92 Å². The highest BCUT2D eigenvalue weighted by atomic mass is 16.5. The first-order valence-corrected chi connectivity index (χ1v) is 8.14. The van der Waals surface area contributed by atoms with Gasteiger partial charge < -0.3 is 20.7 Å². The van der Waals surface area contributed by atoms with Crippen LogP contribution in [-0.2, 0) is 14.3 Å². The smallest absolute Gasteiger partial charge is 0.337 e. The number of anilines is 3. The predicted molar refractivity (Wildman–Crippen MR) is 100 cm³/mol. The van der Waals surface area contributed by atoms with Crippen LogP contribution in [0.2, 0.25) is 0 Å². The Morgan fingerprint density at radius 1 is 0.808 bits per heavy atom. The number of amides is 2.